The molecule has 0 radical (unpaired) electrons. The quantitative estimate of drug-likeness (QED) is 0.296. The predicted molar refractivity (Wildman–Crippen MR) is 119 cm³/mol. The lowest BCUT2D eigenvalue weighted by molar-refractivity contribution is -0.143. The Labute approximate surface area is 192 Å². The number of guanidine groups is 1. The van der Waals surface area contributed by atoms with Crippen molar-refractivity contribution in [2.75, 3.05) is 65.6 Å². The van der Waals surface area contributed by atoms with Gasteiger partial charge in [0, 0.05) is 51.7 Å². The first-order valence-corrected chi connectivity index (χ1v) is 10.1. The van der Waals surface area contributed by atoms with Crippen LogP contribution in [-0.2, 0) is 11.2 Å². The number of hydrogen-bond acceptors (Lipinski definition) is 5. The molecule has 1 unspecified atom stereocenters. The minimum atomic E-state index is -4.16. The topological polar surface area (TPSA) is 65.3 Å². The first kappa shape index (κ1) is 25.2. The summed E-state index contributed by atoms with van der Waals surface area (Å²) in [6.45, 7) is 5.32. The Balaban J connectivity index is 0.00000320. The molecule has 0 bridgehead atoms. The number of aliphatic imine (C=N–C) groups is 1. The van der Waals surface area contributed by atoms with Gasteiger partial charge in [0.2, 0.25) is 0 Å². The Morgan fingerprint density at radius 1 is 1.20 bits per heavy atom. The summed E-state index contributed by atoms with van der Waals surface area (Å²) in [5.41, 5.74) is 0. The summed E-state index contributed by atoms with van der Waals surface area (Å²) in [6, 6.07) is 3.71. The molecule has 2 aliphatic heterocycles. The second-order valence-electron chi connectivity index (χ2n) is 7.42. The maximum atomic E-state index is 12.6. The van der Waals surface area contributed by atoms with Gasteiger partial charge in [0.1, 0.15) is 5.76 Å². The Hall–Kier alpha value is -1.05. The van der Waals surface area contributed by atoms with E-state index in [4.69, 9.17) is 9.15 Å². The number of rotatable bonds is 8. The number of furan rings is 1. The third kappa shape index (κ3) is 9.40. The summed E-state index contributed by atoms with van der Waals surface area (Å²) < 4.78 is 48.6. The number of morpholine rings is 1. The fourth-order valence-electron chi connectivity index (χ4n) is 3.58. The number of likely N-dealkylation sites (tertiary alicyclic amines) is 1. The van der Waals surface area contributed by atoms with E-state index in [0.29, 0.717) is 45.0 Å². The number of ether oxygens (including phenoxy) is 1. The van der Waals surface area contributed by atoms with Crippen molar-refractivity contribution in [3.05, 3.63) is 24.2 Å². The molecule has 0 spiro atoms. The van der Waals surface area contributed by atoms with E-state index in [2.05, 4.69) is 20.5 Å². The van der Waals surface area contributed by atoms with Gasteiger partial charge in [-0.25, -0.2) is 0 Å². The molecule has 0 aliphatic carbocycles. The summed E-state index contributed by atoms with van der Waals surface area (Å²) in [6.07, 6.45) is -1.15. The van der Waals surface area contributed by atoms with Gasteiger partial charge in [-0.1, -0.05) is 0 Å². The average Bonchev–Trinajstić information content (AvgIpc) is 3.33. The van der Waals surface area contributed by atoms with Crippen molar-refractivity contribution in [2.24, 2.45) is 4.99 Å². The van der Waals surface area contributed by atoms with Crippen molar-refractivity contribution < 1.29 is 22.3 Å². The lowest BCUT2D eigenvalue weighted by Crippen LogP contribution is -2.46. The second-order valence-corrected chi connectivity index (χ2v) is 7.42. The molecule has 172 valence electrons. The molecule has 0 saturated carbocycles. The first-order valence-electron chi connectivity index (χ1n) is 10.1. The zero-order valence-electron chi connectivity index (χ0n) is 17.0. The van der Waals surface area contributed by atoms with Crippen LogP contribution in [0, 0.1) is 0 Å². The van der Waals surface area contributed by atoms with Crippen LogP contribution >= 0.6 is 24.0 Å². The maximum absolute atomic E-state index is 12.6. The van der Waals surface area contributed by atoms with E-state index in [-0.39, 0.29) is 30.0 Å². The third-order valence-electron chi connectivity index (χ3n) is 5.05. The Kier molecular flexibility index (Phi) is 10.7. The highest BCUT2D eigenvalue weighted by Crippen LogP contribution is 2.19. The second kappa shape index (κ2) is 12.7. The molecule has 2 fully saturated rings. The van der Waals surface area contributed by atoms with Gasteiger partial charge < -0.3 is 19.8 Å². The SMILES string of the molecule is FC(F)(F)CN1CCC(NC(=NCCN2CCOCC2)NCCc2ccco2)C1.I. The largest absolute Gasteiger partial charge is 0.469 e. The van der Waals surface area contributed by atoms with Crippen molar-refractivity contribution in [2.45, 2.75) is 25.1 Å². The molecule has 1 aromatic rings. The van der Waals surface area contributed by atoms with Gasteiger partial charge in [-0.05, 0) is 18.6 Å². The fourth-order valence-corrected chi connectivity index (χ4v) is 3.58. The molecule has 7 nitrogen and oxygen atoms in total. The third-order valence-corrected chi connectivity index (χ3v) is 5.05. The number of alkyl halides is 3. The van der Waals surface area contributed by atoms with Crippen LogP contribution in [0.4, 0.5) is 13.2 Å². The molecule has 30 heavy (non-hydrogen) atoms. The molecule has 2 N–H and O–H groups in total. The van der Waals surface area contributed by atoms with Crippen molar-refractivity contribution in [3.63, 3.8) is 0 Å². The van der Waals surface area contributed by atoms with Crippen LogP contribution in [0.3, 0.4) is 0 Å². The summed E-state index contributed by atoms with van der Waals surface area (Å²) in [5, 5.41) is 6.59. The van der Waals surface area contributed by atoms with Gasteiger partial charge in [0.05, 0.1) is 32.6 Å². The van der Waals surface area contributed by atoms with Crippen LogP contribution in [0.25, 0.3) is 0 Å². The number of nitrogens with zero attached hydrogens (tertiary/aromatic N) is 3. The van der Waals surface area contributed by atoms with Gasteiger partial charge in [-0.3, -0.25) is 14.8 Å². The fraction of sp³-hybridized carbons (Fsp3) is 0.737. The number of halogens is 4. The summed E-state index contributed by atoms with van der Waals surface area (Å²) in [5.74, 6) is 1.52. The molecule has 3 rings (SSSR count). The zero-order chi connectivity index (χ0) is 20.5. The molecule has 2 saturated heterocycles. The molecule has 1 atom stereocenters. The van der Waals surface area contributed by atoms with Gasteiger partial charge in [-0.15, -0.1) is 24.0 Å². The maximum Gasteiger partial charge on any atom is 0.401 e. The minimum absolute atomic E-state index is 0. The average molecular weight is 545 g/mol. The van der Waals surface area contributed by atoms with E-state index in [1.54, 1.807) is 6.26 Å². The van der Waals surface area contributed by atoms with Gasteiger partial charge in [0.25, 0.3) is 0 Å². The summed E-state index contributed by atoms with van der Waals surface area (Å²) in [7, 11) is 0. The van der Waals surface area contributed by atoms with Crippen molar-refractivity contribution in [1.29, 1.82) is 0 Å². The minimum Gasteiger partial charge on any atom is -0.469 e. The predicted octanol–water partition coefficient (Wildman–Crippen LogP) is 1.94. The Morgan fingerprint density at radius 3 is 2.70 bits per heavy atom. The summed E-state index contributed by atoms with van der Waals surface area (Å²) in [4.78, 5) is 8.38. The van der Waals surface area contributed by atoms with Crippen molar-refractivity contribution in [1.82, 2.24) is 20.4 Å². The van der Waals surface area contributed by atoms with Crippen molar-refractivity contribution >= 4 is 29.9 Å². The van der Waals surface area contributed by atoms with Crippen LogP contribution in [-0.4, -0.2) is 93.5 Å². The van der Waals surface area contributed by atoms with Crippen molar-refractivity contribution in [3.8, 4) is 0 Å². The molecular weight excluding hydrogens is 514 g/mol. The standard InChI is InChI=1S/C19H30F3N5O2.HI/c20-19(21,22)15-27-7-4-16(14-27)25-18(23-5-3-17-2-1-11-29-17)24-6-8-26-9-12-28-13-10-26;/h1-2,11,16H,3-10,12-15H2,(H2,23,24,25);1H. The molecule has 3 heterocycles. The van der Waals surface area contributed by atoms with E-state index in [1.807, 2.05) is 12.1 Å². The van der Waals surface area contributed by atoms with Gasteiger partial charge in [-0.2, -0.15) is 13.2 Å². The normalized spacial score (nSPS) is 21.4. The Morgan fingerprint density at radius 2 is 2.00 bits per heavy atom. The van der Waals surface area contributed by atoms with Crippen LogP contribution in [0.2, 0.25) is 0 Å². The smallest absolute Gasteiger partial charge is 0.401 e. The van der Waals surface area contributed by atoms with E-state index in [1.165, 1.54) is 4.90 Å². The highest BCUT2D eigenvalue weighted by Gasteiger charge is 2.34. The number of hydrogen-bond donors (Lipinski definition) is 2. The molecule has 11 heteroatoms. The van der Waals surface area contributed by atoms with E-state index in [0.717, 1.165) is 38.6 Å². The van der Waals surface area contributed by atoms with Crippen LogP contribution in [0.1, 0.15) is 12.2 Å². The van der Waals surface area contributed by atoms with Crippen LogP contribution < -0.4 is 10.6 Å². The monoisotopic (exact) mass is 545 g/mol. The van der Waals surface area contributed by atoms with Gasteiger partial charge >= 0.3 is 6.18 Å². The molecule has 0 amide bonds. The highest BCUT2D eigenvalue weighted by atomic mass is 127. The Bertz CT molecular complexity index is 624. The van der Waals surface area contributed by atoms with E-state index < -0.39 is 12.7 Å². The highest BCUT2D eigenvalue weighted by molar-refractivity contribution is 14.0. The van der Waals surface area contributed by atoms with Crippen LogP contribution in [0.5, 0.6) is 0 Å². The molecule has 0 aromatic carbocycles. The first-order chi connectivity index (χ1) is 14.0. The number of nitrogens with one attached hydrogen (secondary N) is 2. The summed E-state index contributed by atoms with van der Waals surface area (Å²) >= 11 is 0. The van der Waals surface area contributed by atoms with E-state index in [9.17, 15) is 13.2 Å². The zero-order valence-corrected chi connectivity index (χ0v) is 19.3. The molecular formula is C19H31F3IN5O2. The molecule has 1 aromatic heterocycles. The van der Waals surface area contributed by atoms with E-state index >= 15 is 0 Å². The van der Waals surface area contributed by atoms with Crippen LogP contribution in [0.15, 0.2) is 27.8 Å². The molecule has 2 aliphatic rings. The lowest BCUT2D eigenvalue weighted by atomic mass is 10.3. The van der Waals surface area contributed by atoms with Gasteiger partial charge in [0.15, 0.2) is 5.96 Å². The lowest BCUT2D eigenvalue weighted by Gasteiger charge is -2.26.